The largest absolute Gasteiger partial charge is 0.418 e. The molecule has 1 aromatic rings. The van der Waals surface area contributed by atoms with Crippen molar-refractivity contribution in [2.24, 2.45) is 5.92 Å². The second-order valence-corrected chi connectivity index (χ2v) is 5.85. The van der Waals surface area contributed by atoms with Gasteiger partial charge in [0.2, 0.25) is 0 Å². The molecule has 0 aliphatic carbocycles. The Labute approximate surface area is 118 Å². The van der Waals surface area contributed by atoms with Crippen LogP contribution in [0.1, 0.15) is 18.9 Å². The van der Waals surface area contributed by atoms with Gasteiger partial charge in [-0.2, -0.15) is 13.2 Å². The Balaban J connectivity index is 2.34. The van der Waals surface area contributed by atoms with Crippen LogP contribution in [0, 0.1) is 5.92 Å². The van der Waals surface area contributed by atoms with Crippen molar-refractivity contribution in [3.8, 4) is 0 Å². The topological polar surface area (TPSA) is 23.5 Å². The van der Waals surface area contributed by atoms with Crippen LogP contribution in [-0.4, -0.2) is 24.3 Å². The Morgan fingerprint density at radius 1 is 1.37 bits per heavy atom. The number of halogens is 4. The molecule has 0 bridgehead atoms. The van der Waals surface area contributed by atoms with Gasteiger partial charge in [-0.05, 0) is 30.5 Å². The SMILES string of the molecule is CC1CN(c2ccc(Br)cc2C(F)(F)F)CCC1O. The van der Waals surface area contributed by atoms with Gasteiger partial charge in [0.05, 0.1) is 11.7 Å². The summed E-state index contributed by atoms with van der Waals surface area (Å²) in [5, 5.41) is 9.66. The van der Waals surface area contributed by atoms with Crippen molar-refractivity contribution in [1.29, 1.82) is 0 Å². The molecule has 2 unspecified atom stereocenters. The summed E-state index contributed by atoms with van der Waals surface area (Å²) in [6.07, 6.45) is -4.31. The van der Waals surface area contributed by atoms with Gasteiger partial charge < -0.3 is 10.0 Å². The molecule has 1 aliphatic heterocycles. The van der Waals surface area contributed by atoms with Crippen molar-refractivity contribution in [1.82, 2.24) is 0 Å². The van der Waals surface area contributed by atoms with Crippen molar-refractivity contribution < 1.29 is 18.3 Å². The van der Waals surface area contributed by atoms with E-state index in [1.165, 1.54) is 6.07 Å². The third kappa shape index (κ3) is 3.23. The molecule has 2 atom stereocenters. The molecule has 1 aliphatic rings. The number of hydrogen-bond acceptors (Lipinski definition) is 2. The summed E-state index contributed by atoms with van der Waals surface area (Å²) < 4.78 is 39.6. The maximum Gasteiger partial charge on any atom is 0.418 e. The molecule has 0 spiro atoms. The van der Waals surface area contributed by atoms with Crippen LogP contribution >= 0.6 is 15.9 Å². The van der Waals surface area contributed by atoms with Gasteiger partial charge >= 0.3 is 6.18 Å². The maximum absolute atomic E-state index is 13.1. The number of anilines is 1. The first-order valence-corrected chi connectivity index (χ1v) is 6.88. The maximum atomic E-state index is 13.1. The molecule has 2 nitrogen and oxygen atoms in total. The molecule has 1 heterocycles. The van der Waals surface area contributed by atoms with Crippen LogP contribution in [0.2, 0.25) is 0 Å². The predicted octanol–water partition coefficient (Wildman–Crippen LogP) is 3.68. The molecule has 19 heavy (non-hydrogen) atoms. The van der Waals surface area contributed by atoms with Crippen molar-refractivity contribution in [3.63, 3.8) is 0 Å². The van der Waals surface area contributed by atoms with Crippen LogP contribution in [0.15, 0.2) is 22.7 Å². The Morgan fingerprint density at radius 2 is 2.05 bits per heavy atom. The van der Waals surface area contributed by atoms with Gasteiger partial charge in [-0.25, -0.2) is 0 Å². The fourth-order valence-corrected chi connectivity index (χ4v) is 2.72. The third-order valence-electron chi connectivity index (χ3n) is 3.46. The minimum atomic E-state index is -4.38. The van der Waals surface area contributed by atoms with Crippen LogP contribution in [-0.2, 0) is 6.18 Å². The van der Waals surface area contributed by atoms with Gasteiger partial charge in [-0.3, -0.25) is 0 Å². The highest BCUT2D eigenvalue weighted by Gasteiger charge is 2.36. The fourth-order valence-electron chi connectivity index (χ4n) is 2.36. The van der Waals surface area contributed by atoms with Crippen molar-refractivity contribution in [2.75, 3.05) is 18.0 Å². The van der Waals surface area contributed by atoms with Crippen LogP contribution in [0.4, 0.5) is 18.9 Å². The normalized spacial score (nSPS) is 24.6. The lowest BCUT2D eigenvalue weighted by molar-refractivity contribution is -0.137. The minimum Gasteiger partial charge on any atom is -0.393 e. The zero-order valence-electron chi connectivity index (χ0n) is 10.4. The minimum absolute atomic E-state index is 0.0292. The van der Waals surface area contributed by atoms with Crippen molar-refractivity contribution in [3.05, 3.63) is 28.2 Å². The lowest BCUT2D eigenvalue weighted by Crippen LogP contribution is -2.42. The fraction of sp³-hybridized carbons (Fsp3) is 0.538. The predicted molar refractivity (Wildman–Crippen MR) is 71.1 cm³/mol. The standard InChI is InChI=1S/C13H15BrF3NO/c1-8-7-18(5-4-12(8)19)11-3-2-9(14)6-10(11)13(15,16)17/h2-3,6,8,12,19H,4-5,7H2,1H3. The first-order valence-electron chi connectivity index (χ1n) is 6.09. The first-order chi connectivity index (χ1) is 8.79. The van der Waals surface area contributed by atoms with Crippen LogP contribution in [0.3, 0.4) is 0 Å². The average Bonchev–Trinajstić information content (AvgIpc) is 2.32. The van der Waals surface area contributed by atoms with Gasteiger partial charge in [0, 0.05) is 23.2 Å². The summed E-state index contributed by atoms with van der Waals surface area (Å²) in [5.74, 6) is -0.0292. The van der Waals surface area contributed by atoms with E-state index in [4.69, 9.17) is 0 Å². The summed E-state index contributed by atoms with van der Waals surface area (Å²) in [6, 6.07) is 4.20. The highest BCUT2D eigenvalue weighted by atomic mass is 79.9. The van der Waals surface area contributed by atoms with E-state index in [-0.39, 0.29) is 11.6 Å². The monoisotopic (exact) mass is 337 g/mol. The second kappa shape index (κ2) is 5.32. The molecule has 0 saturated carbocycles. The lowest BCUT2D eigenvalue weighted by Gasteiger charge is -2.37. The molecule has 0 radical (unpaired) electrons. The smallest absolute Gasteiger partial charge is 0.393 e. The Bertz CT molecular complexity index is 464. The molecule has 0 aromatic heterocycles. The molecule has 106 valence electrons. The molecule has 1 fully saturated rings. The van der Waals surface area contributed by atoms with E-state index in [1.807, 2.05) is 6.92 Å². The van der Waals surface area contributed by atoms with Crippen LogP contribution in [0.25, 0.3) is 0 Å². The van der Waals surface area contributed by atoms with Gasteiger partial charge in [0.25, 0.3) is 0 Å². The average molecular weight is 338 g/mol. The number of alkyl halides is 3. The zero-order valence-corrected chi connectivity index (χ0v) is 12.0. The molecule has 1 N–H and O–H groups in total. The first kappa shape index (κ1) is 14.7. The van der Waals surface area contributed by atoms with E-state index in [1.54, 1.807) is 11.0 Å². The molecule has 1 saturated heterocycles. The molecule has 1 aromatic carbocycles. The number of rotatable bonds is 1. The number of aliphatic hydroxyl groups is 1. The van der Waals surface area contributed by atoms with Gasteiger partial charge in [-0.15, -0.1) is 0 Å². The van der Waals surface area contributed by atoms with E-state index in [0.717, 1.165) is 6.07 Å². The van der Waals surface area contributed by atoms with Gasteiger partial charge in [0.1, 0.15) is 0 Å². The summed E-state index contributed by atoms with van der Waals surface area (Å²) in [7, 11) is 0. The highest BCUT2D eigenvalue weighted by Crippen LogP contribution is 2.39. The van der Waals surface area contributed by atoms with E-state index < -0.39 is 17.8 Å². The number of hydrogen-bond donors (Lipinski definition) is 1. The Morgan fingerprint density at radius 3 is 2.63 bits per heavy atom. The molecule has 2 rings (SSSR count). The summed E-state index contributed by atoms with van der Waals surface area (Å²) in [6.45, 7) is 2.73. The number of aliphatic hydroxyl groups excluding tert-OH is 1. The van der Waals surface area contributed by atoms with Crippen molar-refractivity contribution >= 4 is 21.6 Å². The number of benzene rings is 1. The summed E-state index contributed by atoms with van der Waals surface area (Å²) in [4.78, 5) is 1.70. The molecule has 6 heteroatoms. The molecule has 0 amide bonds. The highest BCUT2D eigenvalue weighted by molar-refractivity contribution is 9.10. The van der Waals surface area contributed by atoms with Crippen LogP contribution in [0.5, 0.6) is 0 Å². The number of nitrogens with zero attached hydrogens (tertiary/aromatic N) is 1. The van der Waals surface area contributed by atoms with E-state index >= 15 is 0 Å². The van der Waals surface area contributed by atoms with Crippen LogP contribution < -0.4 is 4.90 Å². The van der Waals surface area contributed by atoms with E-state index in [9.17, 15) is 18.3 Å². The Kier molecular flexibility index (Phi) is 4.11. The summed E-state index contributed by atoms with van der Waals surface area (Å²) in [5.41, 5.74) is -0.445. The second-order valence-electron chi connectivity index (χ2n) is 4.94. The van der Waals surface area contributed by atoms with E-state index in [2.05, 4.69) is 15.9 Å². The third-order valence-corrected chi connectivity index (χ3v) is 3.96. The van der Waals surface area contributed by atoms with E-state index in [0.29, 0.717) is 24.0 Å². The van der Waals surface area contributed by atoms with Gasteiger partial charge in [0.15, 0.2) is 0 Å². The molecular formula is C13H15BrF3NO. The summed E-state index contributed by atoms with van der Waals surface area (Å²) >= 11 is 3.08. The number of piperidine rings is 1. The molecular weight excluding hydrogens is 323 g/mol. The lowest BCUT2D eigenvalue weighted by atomic mass is 9.95. The zero-order chi connectivity index (χ0) is 14.2. The quantitative estimate of drug-likeness (QED) is 0.845. The van der Waals surface area contributed by atoms with Crippen molar-refractivity contribution in [2.45, 2.75) is 25.6 Å². The Hall–Kier alpha value is -0.750. The van der Waals surface area contributed by atoms with Gasteiger partial charge in [-0.1, -0.05) is 22.9 Å².